The Balaban J connectivity index is 0.00000324. The minimum atomic E-state index is -0.684. The zero-order valence-corrected chi connectivity index (χ0v) is 14.1. The van der Waals surface area contributed by atoms with E-state index < -0.39 is 12.1 Å². The van der Waals surface area contributed by atoms with Crippen molar-refractivity contribution < 1.29 is 14.3 Å². The zero-order valence-electron chi connectivity index (χ0n) is 11.8. The Morgan fingerprint density at radius 2 is 2.21 bits per heavy atom. The van der Waals surface area contributed by atoms with E-state index in [2.05, 4.69) is 21.6 Å². The molecule has 0 bridgehead atoms. The minimum absolute atomic E-state index is 0. The van der Waals surface area contributed by atoms with E-state index in [0.717, 1.165) is 19.5 Å². The molecule has 0 aliphatic carbocycles. The number of methoxy groups -OCH3 is 2. The highest BCUT2D eigenvalue weighted by Gasteiger charge is 2.20. The van der Waals surface area contributed by atoms with Crippen LogP contribution >= 0.6 is 24.0 Å². The van der Waals surface area contributed by atoms with E-state index in [1.165, 1.54) is 20.6 Å². The van der Waals surface area contributed by atoms with Crippen molar-refractivity contribution in [1.29, 1.82) is 0 Å². The third-order valence-corrected chi connectivity index (χ3v) is 3.15. The van der Waals surface area contributed by atoms with Crippen LogP contribution in [-0.4, -0.2) is 56.8 Å². The monoisotopic (exact) mass is 385 g/mol. The van der Waals surface area contributed by atoms with Gasteiger partial charge < -0.3 is 20.1 Å². The van der Waals surface area contributed by atoms with Crippen LogP contribution in [-0.2, 0) is 14.3 Å². The van der Waals surface area contributed by atoms with Crippen molar-refractivity contribution in [2.45, 2.75) is 25.9 Å². The van der Waals surface area contributed by atoms with Crippen LogP contribution in [0.1, 0.15) is 19.8 Å². The molecule has 0 radical (unpaired) electrons. The van der Waals surface area contributed by atoms with Gasteiger partial charge in [0, 0.05) is 20.2 Å². The lowest BCUT2D eigenvalue weighted by Crippen LogP contribution is -2.44. The molecule has 1 fully saturated rings. The van der Waals surface area contributed by atoms with Crippen LogP contribution in [0.3, 0.4) is 0 Å². The molecule has 1 aliphatic rings. The zero-order chi connectivity index (χ0) is 13.5. The second-order valence-electron chi connectivity index (χ2n) is 4.64. The van der Waals surface area contributed by atoms with Gasteiger partial charge in [-0.15, -0.1) is 24.0 Å². The summed E-state index contributed by atoms with van der Waals surface area (Å²) >= 11 is 0. The summed E-state index contributed by atoms with van der Waals surface area (Å²) in [4.78, 5) is 17.6. The lowest BCUT2D eigenvalue weighted by Gasteiger charge is -2.31. The van der Waals surface area contributed by atoms with Gasteiger partial charge in [0.1, 0.15) is 0 Å². The van der Waals surface area contributed by atoms with Crippen LogP contribution in [0.4, 0.5) is 0 Å². The molecule has 1 rings (SSSR count). The maximum absolute atomic E-state index is 11.3. The lowest BCUT2D eigenvalue weighted by molar-refractivity contribution is -0.151. The van der Waals surface area contributed by atoms with E-state index in [-0.39, 0.29) is 30.5 Å². The molecule has 112 valence electrons. The van der Waals surface area contributed by atoms with Gasteiger partial charge in [0.05, 0.1) is 13.7 Å². The van der Waals surface area contributed by atoms with Crippen LogP contribution in [0.25, 0.3) is 0 Å². The summed E-state index contributed by atoms with van der Waals surface area (Å²) in [6, 6.07) is 0. The van der Waals surface area contributed by atoms with Gasteiger partial charge in [-0.1, -0.05) is 6.92 Å². The smallest absolute Gasteiger partial charge is 0.336 e. The summed E-state index contributed by atoms with van der Waals surface area (Å²) in [6.07, 6.45) is 1.67. The van der Waals surface area contributed by atoms with Crippen LogP contribution in [0.15, 0.2) is 4.99 Å². The SMILES string of the molecule is COC(=O)C(CN=C(N)N1CCCC(C)C1)OC.I. The van der Waals surface area contributed by atoms with Gasteiger partial charge in [-0.2, -0.15) is 0 Å². The highest BCUT2D eigenvalue weighted by molar-refractivity contribution is 14.0. The number of carbonyl (C=O) groups is 1. The summed E-state index contributed by atoms with van der Waals surface area (Å²) in [5, 5.41) is 0. The highest BCUT2D eigenvalue weighted by Crippen LogP contribution is 2.14. The Morgan fingerprint density at radius 1 is 1.53 bits per heavy atom. The number of halogens is 1. The molecule has 0 amide bonds. The Labute approximate surface area is 131 Å². The summed E-state index contributed by atoms with van der Waals surface area (Å²) in [5.41, 5.74) is 5.92. The van der Waals surface area contributed by atoms with E-state index in [1.807, 2.05) is 0 Å². The van der Waals surface area contributed by atoms with Gasteiger partial charge in [0.2, 0.25) is 0 Å². The first-order valence-electron chi connectivity index (χ1n) is 6.24. The number of esters is 1. The third kappa shape index (κ3) is 5.94. The molecule has 1 aliphatic heterocycles. The lowest BCUT2D eigenvalue weighted by atomic mass is 10.0. The van der Waals surface area contributed by atoms with Crippen molar-refractivity contribution in [3.63, 3.8) is 0 Å². The molecule has 2 atom stereocenters. The highest BCUT2D eigenvalue weighted by atomic mass is 127. The van der Waals surface area contributed by atoms with Gasteiger partial charge in [0.15, 0.2) is 12.1 Å². The van der Waals surface area contributed by atoms with Crippen molar-refractivity contribution in [2.75, 3.05) is 33.9 Å². The number of aliphatic imine (C=N–C) groups is 1. The summed E-state index contributed by atoms with van der Waals surface area (Å²) in [6.45, 7) is 4.24. The number of nitrogens with two attached hydrogens (primary N) is 1. The van der Waals surface area contributed by atoms with Crippen molar-refractivity contribution in [3.05, 3.63) is 0 Å². The van der Waals surface area contributed by atoms with Gasteiger partial charge in [-0.3, -0.25) is 0 Å². The first-order valence-corrected chi connectivity index (χ1v) is 6.24. The van der Waals surface area contributed by atoms with E-state index in [0.29, 0.717) is 11.9 Å². The first kappa shape index (κ1) is 18.4. The number of nitrogens with zero attached hydrogens (tertiary/aromatic N) is 2. The number of rotatable bonds is 4. The molecular weight excluding hydrogens is 361 g/mol. The number of ether oxygens (including phenoxy) is 2. The quantitative estimate of drug-likeness (QED) is 0.336. The fraction of sp³-hybridized carbons (Fsp3) is 0.833. The van der Waals surface area contributed by atoms with Gasteiger partial charge in [-0.05, 0) is 18.8 Å². The maximum Gasteiger partial charge on any atom is 0.336 e. The van der Waals surface area contributed by atoms with Crippen molar-refractivity contribution in [1.82, 2.24) is 4.90 Å². The normalized spacial score (nSPS) is 21.5. The summed E-state index contributed by atoms with van der Waals surface area (Å²) in [5.74, 6) is 0.680. The van der Waals surface area contributed by atoms with E-state index >= 15 is 0 Å². The van der Waals surface area contributed by atoms with Crippen LogP contribution in [0, 0.1) is 5.92 Å². The molecule has 0 aromatic heterocycles. The van der Waals surface area contributed by atoms with E-state index in [9.17, 15) is 4.79 Å². The van der Waals surface area contributed by atoms with E-state index in [1.54, 1.807) is 0 Å². The number of guanidine groups is 1. The molecular formula is C12H24IN3O3. The fourth-order valence-corrected chi connectivity index (χ4v) is 2.05. The fourth-order valence-electron chi connectivity index (χ4n) is 2.05. The largest absolute Gasteiger partial charge is 0.467 e. The van der Waals surface area contributed by atoms with Crippen LogP contribution in [0.2, 0.25) is 0 Å². The molecule has 0 aromatic carbocycles. The molecule has 2 N–H and O–H groups in total. The standard InChI is InChI=1S/C12H23N3O3.HI/c1-9-5-4-6-15(8-9)12(13)14-7-10(17-2)11(16)18-3;/h9-10H,4-8H2,1-3H3,(H2,13,14);1H. The average Bonchev–Trinajstić information content (AvgIpc) is 2.38. The second-order valence-corrected chi connectivity index (χ2v) is 4.64. The number of piperidine rings is 1. The minimum Gasteiger partial charge on any atom is -0.467 e. The predicted octanol–water partition coefficient (Wildman–Crippen LogP) is 0.839. The molecule has 0 aromatic rings. The third-order valence-electron chi connectivity index (χ3n) is 3.15. The number of hydrogen-bond acceptors (Lipinski definition) is 4. The Bertz CT molecular complexity index is 313. The molecule has 19 heavy (non-hydrogen) atoms. The number of likely N-dealkylation sites (tertiary alicyclic amines) is 1. The Morgan fingerprint density at radius 3 is 2.74 bits per heavy atom. The topological polar surface area (TPSA) is 77.1 Å². The molecule has 7 heteroatoms. The number of carbonyl (C=O) groups excluding carboxylic acids is 1. The molecule has 0 saturated carbocycles. The summed E-state index contributed by atoms with van der Waals surface area (Å²) < 4.78 is 9.62. The second kappa shape index (κ2) is 9.35. The van der Waals surface area contributed by atoms with Gasteiger partial charge >= 0.3 is 5.97 Å². The van der Waals surface area contributed by atoms with Crippen molar-refractivity contribution in [3.8, 4) is 0 Å². The van der Waals surface area contributed by atoms with Gasteiger partial charge in [0.25, 0.3) is 0 Å². The molecule has 1 heterocycles. The van der Waals surface area contributed by atoms with Gasteiger partial charge in [-0.25, -0.2) is 9.79 Å². The molecule has 0 spiro atoms. The summed E-state index contributed by atoms with van der Waals surface area (Å²) in [7, 11) is 2.78. The van der Waals surface area contributed by atoms with E-state index in [4.69, 9.17) is 10.5 Å². The molecule has 1 saturated heterocycles. The Kier molecular flexibility index (Phi) is 9.07. The first-order chi connectivity index (χ1) is 8.58. The van der Waals surface area contributed by atoms with Crippen molar-refractivity contribution >= 4 is 35.9 Å². The van der Waals surface area contributed by atoms with Crippen molar-refractivity contribution in [2.24, 2.45) is 16.6 Å². The molecule has 2 unspecified atom stereocenters. The van der Waals surface area contributed by atoms with Crippen LogP contribution in [0.5, 0.6) is 0 Å². The average molecular weight is 385 g/mol. The molecule has 6 nitrogen and oxygen atoms in total. The van der Waals surface area contributed by atoms with Crippen LogP contribution < -0.4 is 5.73 Å². The Hall–Kier alpha value is -0.570. The predicted molar refractivity (Wildman–Crippen MR) is 84.7 cm³/mol. The number of hydrogen-bond donors (Lipinski definition) is 1. The maximum atomic E-state index is 11.3.